The van der Waals surface area contributed by atoms with Crippen molar-refractivity contribution in [3.05, 3.63) is 65.5 Å². The summed E-state index contributed by atoms with van der Waals surface area (Å²) in [5.41, 5.74) is -0.165. The predicted octanol–water partition coefficient (Wildman–Crippen LogP) is 3.58. The lowest BCUT2D eigenvalue weighted by molar-refractivity contribution is -0.134. The molecule has 33 heavy (non-hydrogen) atoms. The zero-order valence-corrected chi connectivity index (χ0v) is 18.5. The highest BCUT2D eigenvalue weighted by atomic mass is 19.1. The van der Waals surface area contributed by atoms with Crippen molar-refractivity contribution in [1.29, 1.82) is 0 Å². The molecule has 3 rings (SSSR count). The molecule has 1 unspecified atom stereocenters. The fraction of sp³-hybridized carbons (Fsp3) is 0.333. The van der Waals surface area contributed by atoms with E-state index in [9.17, 15) is 23.6 Å². The lowest BCUT2D eigenvalue weighted by Gasteiger charge is -2.25. The van der Waals surface area contributed by atoms with Gasteiger partial charge in [0.15, 0.2) is 0 Å². The lowest BCUT2D eigenvalue weighted by Crippen LogP contribution is -2.44. The van der Waals surface area contributed by atoms with Gasteiger partial charge in [0, 0.05) is 5.69 Å². The van der Waals surface area contributed by atoms with E-state index in [0.717, 1.165) is 17.7 Å². The topological polar surface area (TPSA) is 105 Å². The van der Waals surface area contributed by atoms with Crippen LogP contribution in [0.2, 0.25) is 0 Å². The number of esters is 1. The molecular formula is C24H26FN3O5. The Morgan fingerprint density at radius 1 is 1.06 bits per heavy atom. The van der Waals surface area contributed by atoms with Crippen LogP contribution in [0.5, 0.6) is 0 Å². The Morgan fingerprint density at radius 3 is 2.33 bits per heavy atom. The minimum Gasteiger partial charge on any atom is -0.462 e. The van der Waals surface area contributed by atoms with Gasteiger partial charge in [0.1, 0.15) is 17.9 Å². The molecule has 0 aromatic heterocycles. The average Bonchev–Trinajstić information content (AvgIpc) is 3.05. The maximum absolute atomic E-state index is 13.3. The van der Waals surface area contributed by atoms with Crippen LogP contribution in [-0.4, -0.2) is 41.9 Å². The zero-order valence-electron chi connectivity index (χ0n) is 18.5. The van der Waals surface area contributed by atoms with Crippen molar-refractivity contribution in [3.8, 4) is 0 Å². The summed E-state index contributed by atoms with van der Waals surface area (Å²) >= 11 is 0. The third-order valence-corrected chi connectivity index (χ3v) is 5.48. The third-order valence-electron chi connectivity index (χ3n) is 5.48. The summed E-state index contributed by atoms with van der Waals surface area (Å²) in [4.78, 5) is 50.9. The molecule has 174 valence electrons. The Balaban J connectivity index is 1.64. The minimum absolute atomic E-state index is 0.233. The number of halogens is 1. The molecule has 8 nitrogen and oxygen atoms in total. The van der Waals surface area contributed by atoms with Crippen molar-refractivity contribution in [3.63, 3.8) is 0 Å². The first-order chi connectivity index (χ1) is 15.8. The predicted molar refractivity (Wildman–Crippen MR) is 119 cm³/mol. The fourth-order valence-electron chi connectivity index (χ4n) is 3.57. The highest BCUT2D eigenvalue weighted by Crippen LogP contribution is 2.32. The second-order valence-corrected chi connectivity index (χ2v) is 7.70. The van der Waals surface area contributed by atoms with Crippen LogP contribution < -0.4 is 10.6 Å². The summed E-state index contributed by atoms with van der Waals surface area (Å²) in [6.45, 7) is 3.57. The van der Waals surface area contributed by atoms with Crippen molar-refractivity contribution >= 4 is 29.5 Å². The Bertz CT molecular complexity index is 1040. The molecule has 2 aromatic rings. The van der Waals surface area contributed by atoms with E-state index in [1.165, 1.54) is 48.5 Å². The molecule has 9 heteroatoms. The first-order valence-electron chi connectivity index (χ1n) is 10.8. The summed E-state index contributed by atoms with van der Waals surface area (Å²) in [5, 5.41) is 5.25. The second-order valence-electron chi connectivity index (χ2n) is 7.70. The van der Waals surface area contributed by atoms with Crippen LogP contribution in [0, 0.1) is 5.82 Å². The Labute approximate surface area is 191 Å². The molecule has 0 bridgehead atoms. The summed E-state index contributed by atoms with van der Waals surface area (Å²) in [6, 6.07) is 10.7. The number of amides is 4. The first-order valence-corrected chi connectivity index (χ1v) is 10.8. The van der Waals surface area contributed by atoms with E-state index in [1.54, 1.807) is 6.92 Å². The van der Waals surface area contributed by atoms with Gasteiger partial charge < -0.3 is 15.4 Å². The van der Waals surface area contributed by atoms with Crippen LogP contribution in [-0.2, 0) is 19.9 Å². The smallest absolute Gasteiger partial charge is 0.338 e. The number of carbonyl (C=O) groups is 4. The number of imide groups is 1. The molecule has 0 aliphatic carbocycles. The first kappa shape index (κ1) is 23.9. The molecule has 1 saturated heterocycles. The van der Waals surface area contributed by atoms with E-state index >= 15 is 0 Å². The summed E-state index contributed by atoms with van der Waals surface area (Å²) in [6.07, 6.45) is 1.93. The highest BCUT2D eigenvalue weighted by Gasteiger charge is 2.51. The van der Waals surface area contributed by atoms with Gasteiger partial charge in [0.25, 0.3) is 5.91 Å². The van der Waals surface area contributed by atoms with Gasteiger partial charge >= 0.3 is 12.0 Å². The highest BCUT2D eigenvalue weighted by molar-refractivity contribution is 6.10. The van der Waals surface area contributed by atoms with Crippen molar-refractivity contribution in [2.45, 2.75) is 38.6 Å². The number of hydrogen-bond acceptors (Lipinski definition) is 5. The molecule has 1 atom stereocenters. The SMILES string of the molecule is CCCCOC(=O)c1ccc(NC(=O)CN2C(=O)NC(CC)(c3ccc(F)cc3)C2=O)cc1. The molecule has 1 heterocycles. The van der Waals surface area contributed by atoms with Gasteiger partial charge in [-0.05, 0) is 54.8 Å². The van der Waals surface area contributed by atoms with Gasteiger partial charge in [-0.15, -0.1) is 0 Å². The Morgan fingerprint density at radius 2 is 1.73 bits per heavy atom. The lowest BCUT2D eigenvalue weighted by atomic mass is 9.87. The molecule has 0 spiro atoms. The molecule has 1 fully saturated rings. The van der Waals surface area contributed by atoms with E-state index in [1.807, 2.05) is 6.92 Å². The molecule has 0 radical (unpaired) electrons. The van der Waals surface area contributed by atoms with Crippen LogP contribution in [0.15, 0.2) is 48.5 Å². The maximum Gasteiger partial charge on any atom is 0.338 e. The molecule has 1 aliphatic heterocycles. The number of carbonyl (C=O) groups excluding carboxylic acids is 4. The number of nitrogens with one attached hydrogen (secondary N) is 2. The number of anilines is 1. The van der Waals surface area contributed by atoms with Crippen LogP contribution in [0.25, 0.3) is 0 Å². The molecular weight excluding hydrogens is 429 g/mol. The van der Waals surface area contributed by atoms with E-state index in [2.05, 4.69) is 10.6 Å². The van der Waals surface area contributed by atoms with Gasteiger partial charge in [-0.1, -0.05) is 32.4 Å². The van der Waals surface area contributed by atoms with Crippen LogP contribution in [0.1, 0.15) is 49.0 Å². The zero-order chi connectivity index (χ0) is 24.0. The standard InChI is InChI=1S/C24H26FN3O5/c1-3-5-14-33-21(30)16-6-12-19(13-7-16)26-20(29)15-28-22(31)24(4-2,27-23(28)32)17-8-10-18(25)11-9-17/h6-13H,3-5,14-15H2,1-2H3,(H,26,29)(H,27,32). The second kappa shape index (κ2) is 10.2. The van der Waals surface area contributed by atoms with Crippen molar-refractivity contribution in [2.24, 2.45) is 0 Å². The van der Waals surface area contributed by atoms with E-state index < -0.39 is 41.7 Å². The third kappa shape index (κ3) is 5.19. The van der Waals surface area contributed by atoms with Gasteiger partial charge in [-0.25, -0.2) is 14.0 Å². The van der Waals surface area contributed by atoms with Gasteiger partial charge in [-0.3, -0.25) is 14.5 Å². The number of ether oxygens (including phenoxy) is 1. The number of hydrogen-bond donors (Lipinski definition) is 2. The quantitative estimate of drug-likeness (QED) is 0.342. The van der Waals surface area contributed by atoms with E-state index in [0.29, 0.717) is 23.4 Å². The summed E-state index contributed by atoms with van der Waals surface area (Å²) in [7, 11) is 0. The maximum atomic E-state index is 13.3. The summed E-state index contributed by atoms with van der Waals surface area (Å²) < 4.78 is 18.4. The number of rotatable bonds is 9. The molecule has 2 aromatic carbocycles. The molecule has 1 aliphatic rings. The van der Waals surface area contributed by atoms with Crippen molar-refractivity contribution in [2.75, 3.05) is 18.5 Å². The van der Waals surface area contributed by atoms with Gasteiger partial charge in [0.2, 0.25) is 5.91 Å². The van der Waals surface area contributed by atoms with Crippen LogP contribution >= 0.6 is 0 Å². The Hall–Kier alpha value is -3.75. The van der Waals surface area contributed by atoms with Crippen LogP contribution in [0.3, 0.4) is 0 Å². The normalized spacial score (nSPS) is 17.6. The number of nitrogens with zero attached hydrogens (tertiary/aromatic N) is 1. The summed E-state index contributed by atoms with van der Waals surface area (Å²) in [5.74, 6) is -2.07. The fourth-order valence-corrected chi connectivity index (χ4v) is 3.57. The largest absolute Gasteiger partial charge is 0.462 e. The van der Waals surface area contributed by atoms with E-state index in [-0.39, 0.29) is 6.42 Å². The number of benzene rings is 2. The van der Waals surface area contributed by atoms with Crippen LogP contribution in [0.4, 0.5) is 14.9 Å². The molecule has 2 N–H and O–H groups in total. The van der Waals surface area contributed by atoms with Crippen molar-refractivity contribution in [1.82, 2.24) is 10.2 Å². The monoisotopic (exact) mass is 455 g/mol. The van der Waals surface area contributed by atoms with Gasteiger partial charge in [0.05, 0.1) is 12.2 Å². The molecule has 0 saturated carbocycles. The Kier molecular flexibility index (Phi) is 7.42. The number of urea groups is 1. The van der Waals surface area contributed by atoms with Crippen molar-refractivity contribution < 1.29 is 28.3 Å². The number of unbranched alkanes of at least 4 members (excludes halogenated alkanes) is 1. The molecule has 4 amide bonds. The minimum atomic E-state index is -1.36. The average molecular weight is 455 g/mol. The van der Waals surface area contributed by atoms with E-state index in [4.69, 9.17) is 4.74 Å². The van der Waals surface area contributed by atoms with Gasteiger partial charge in [-0.2, -0.15) is 0 Å².